The Morgan fingerprint density at radius 2 is 2.00 bits per heavy atom. The van der Waals surface area contributed by atoms with Gasteiger partial charge >= 0.3 is 0 Å². The summed E-state index contributed by atoms with van der Waals surface area (Å²) in [5.41, 5.74) is 0.941. The maximum Gasteiger partial charge on any atom is 0.220 e. The molecule has 0 radical (unpaired) electrons. The summed E-state index contributed by atoms with van der Waals surface area (Å²) in [6, 6.07) is 7.75. The molecule has 110 valence electrons. The van der Waals surface area contributed by atoms with Gasteiger partial charge < -0.3 is 0 Å². The Morgan fingerprint density at radius 1 is 1.30 bits per heavy atom. The number of sulfonamides is 1. The van der Waals surface area contributed by atoms with Crippen molar-refractivity contribution in [2.45, 2.75) is 25.6 Å². The van der Waals surface area contributed by atoms with E-state index in [0.29, 0.717) is 13.0 Å². The third-order valence-electron chi connectivity index (χ3n) is 3.23. The van der Waals surface area contributed by atoms with Gasteiger partial charge in [0.2, 0.25) is 10.0 Å². The molecule has 1 unspecified atom stereocenters. The van der Waals surface area contributed by atoms with Gasteiger partial charge in [-0.25, -0.2) is 12.8 Å². The molecule has 3 nitrogen and oxygen atoms in total. The van der Waals surface area contributed by atoms with Crippen molar-refractivity contribution in [3.63, 3.8) is 0 Å². The van der Waals surface area contributed by atoms with Crippen molar-refractivity contribution in [3.05, 3.63) is 39.5 Å². The molecule has 0 aromatic heterocycles. The minimum Gasteiger partial charge on any atom is -0.229 e. The third kappa shape index (κ3) is 4.26. The van der Waals surface area contributed by atoms with Crippen LogP contribution in [0.4, 0.5) is 4.39 Å². The van der Waals surface area contributed by atoms with Crippen LogP contribution in [0.1, 0.15) is 24.8 Å². The molecule has 1 aromatic carbocycles. The normalized spacial score (nSPS) is 21.4. The van der Waals surface area contributed by atoms with E-state index >= 15 is 0 Å². The molecule has 1 fully saturated rings. The van der Waals surface area contributed by atoms with Gasteiger partial charge in [-0.3, -0.25) is 0 Å². The van der Waals surface area contributed by atoms with E-state index in [1.54, 1.807) is 12.2 Å². The molecule has 6 heteroatoms. The highest BCUT2D eigenvalue weighted by Gasteiger charge is 2.31. The Hall–Kier alpha value is -0.470. The van der Waals surface area contributed by atoms with Gasteiger partial charge in [-0.1, -0.05) is 24.3 Å². The number of hydrogen-bond acceptors (Lipinski definition) is 2. The summed E-state index contributed by atoms with van der Waals surface area (Å²) in [5, 5.41) is 0. The van der Waals surface area contributed by atoms with Crippen molar-refractivity contribution in [1.82, 2.24) is 4.31 Å². The molecule has 1 heterocycles. The molecule has 1 aliphatic rings. The number of nitrogens with zero attached hydrogens (tertiary/aromatic N) is 1. The van der Waals surface area contributed by atoms with E-state index in [2.05, 4.69) is 22.6 Å². The van der Waals surface area contributed by atoms with Crippen LogP contribution in [0.3, 0.4) is 0 Å². The number of hydrogen-bond donors (Lipinski definition) is 0. The zero-order valence-electron chi connectivity index (χ0n) is 11.0. The van der Waals surface area contributed by atoms with Crippen LogP contribution >= 0.6 is 22.6 Å². The summed E-state index contributed by atoms with van der Waals surface area (Å²) in [5.74, 6) is -0.153. The van der Waals surface area contributed by atoms with Crippen molar-refractivity contribution >= 4 is 38.7 Å². The Morgan fingerprint density at radius 3 is 2.65 bits per heavy atom. The number of halogens is 2. The van der Waals surface area contributed by atoms with Crippen LogP contribution in [0, 0.1) is 3.57 Å². The molecular formula is C14H17FINO2S. The van der Waals surface area contributed by atoms with E-state index in [1.165, 1.54) is 0 Å². The molecule has 1 aromatic rings. The van der Waals surface area contributed by atoms with Crippen LogP contribution in [0.15, 0.2) is 30.3 Å². The first-order chi connectivity index (χ1) is 9.49. The summed E-state index contributed by atoms with van der Waals surface area (Å²) < 4.78 is 39.9. The minimum atomic E-state index is -3.54. The molecule has 0 aliphatic carbocycles. The molecule has 20 heavy (non-hydrogen) atoms. The fourth-order valence-electron chi connectivity index (χ4n) is 2.15. The Labute approximate surface area is 133 Å². The van der Waals surface area contributed by atoms with Crippen LogP contribution in [0.5, 0.6) is 0 Å². The lowest BCUT2D eigenvalue weighted by Gasteiger charge is -2.28. The van der Waals surface area contributed by atoms with Gasteiger partial charge in [0.25, 0.3) is 0 Å². The van der Waals surface area contributed by atoms with Gasteiger partial charge in [-0.2, -0.15) is 4.31 Å². The van der Waals surface area contributed by atoms with Gasteiger partial charge in [-0.05, 0) is 59.5 Å². The quantitative estimate of drug-likeness (QED) is 0.565. The second-order valence-electron chi connectivity index (χ2n) is 4.77. The topological polar surface area (TPSA) is 37.4 Å². The van der Waals surface area contributed by atoms with E-state index in [4.69, 9.17) is 0 Å². The first-order valence-electron chi connectivity index (χ1n) is 6.55. The second-order valence-corrected chi connectivity index (χ2v) is 7.99. The average molecular weight is 409 g/mol. The van der Waals surface area contributed by atoms with Crippen molar-refractivity contribution in [1.29, 1.82) is 0 Å². The van der Waals surface area contributed by atoms with Crippen molar-refractivity contribution in [2.75, 3.05) is 12.3 Å². The van der Waals surface area contributed by atoms with Gasteiger partial charge in [0.05, 0.1) is 5.75 Å². The largest absolute Gasteiger partial charge is 0.229 e. The zero-order chi connectivity index (χ0) is 14.6. The number of piperidine rings is 1. The lowest BCUT2D eigenvalue weighted by atomic mass is 10.2. The van der Waals surface area contributed by atoms with E-state index < -0.39 is 16.3 Å². The molecule has 0 spiro atoms. The average Bonchev–Trinajstić information content (AvgIpc) is 2.41. The molecule has 0 saturated carbocycles. The van der Waals surface area contributed by atoms with Crippen LogP contribution in [-0.2, 0) is 10.0 Å². The maximum absolute atomic E-state index is 13.7. The van der Waals surface area contributed by atoms with Crippen LogP contribution in [0.2, 0.25) is 0 Å². The maximum atomic E-state index is 13.7. The zero-order valence-corrected chi connectivity index (χ0v) is 14.0. The Balaban J connectivity index is 1.99. The summed E-state index contributed by atoms with van der Waals surface area (Å²) in [4.78, 5) is 0. The molecule has 0 bridgehead atoms. The highest BCUT2D eigenvalue weighted by molar-refractivity contribution is 14.1. The molecule has 1 aliphatic heterocycles. The number of rotatable bonds is 4. The summed E-state index contributed by atoms with van der Waals surface area (Å²) >= 11 is 2.21. The predicted octanol–water partition coefficient (Wildman–Crippen LogP) is 3.42. The number of alkyl halides is 1. The second kappa shape index (κ2) is 7.00. The monoisotopic (exact) mass is 409 g/mol. The van der Waals surface area contributed by atoms with Gasteiger partial charge in [0.1, 0.15) is 0 Å². The molecular weight excluding hydrogens is 392 g/mol. The Kier molecular flexibility index (Phi) is 5.57. The van der Waals surface area contributed by atoms with Crippen LogP contribution < -0.4 is 0 Å². The fourth-order valence-corrected chi connectivity index (χ4v) is 3.90. The van der Waals surface area contributed by atoms with E-state index in [0.717, 1.165) is 26.3 Å². The molecule has 1 saturated heterocycles. The van der Waals surface area contributed by atoms with Crippen molar-refractivity contribution in [2.24, 2.45) is 0 Å². The predicted molar refractivity (Wildman–Crippen MR) is 87.4 cm³/mol. The molecule has 2 rings (SSSR count). The number of benzene rings is 1. The molecule has 1 atom stereocenters. The Bertz CT molecular complexity index is 571. The lowest BCUT2D eigenvalue weighted by Crippen LogP contribution is -2.42. The smallest absolute Gasteiger partial charge is 0.220 e. The van der Waals surface area contributed by atoms with Crippen molar-refractivity contribution in [3.8, 4) is 0 Å². The highest BCUT2D eigenvalue weighted by atomic mass is 127. The summed E-state index contributed by atoms with van der Waals surface area (Å²) in [7, 11) is -3.54. The van der Waals surface area contributed by atoms with Gasteiger partial charge in [0, 0.05) is 10.1 Å². The first kappa shape index (κ1) is 15.9. The minimum absolute atomic E-state index is 0.153. The third-order valence-corrected chi connectivity index (χ3v) is 5.69. The standard InChI is InChI=1S/C14H17FINO2S/c15-14-5-1-2-10-17(14)20(18,19)11-3-4-12-6-8-13(16)9-7-12/h3-4,6-9,14H,1-2,5,10-11H2. The van der Waals surface area contributed by atoms with E-state index in [-0.39, 0.29) is 5.75 Å². The van der Waals surface area contributed by atoms with Crippen LogP contribution in [-0.4, -0.2) is 31.3 Å². The highest BCUT2D eigenvalue weighted by Crippen LogP contribution is 2.21. The summed E-state index contributed by atoms with van der Waals surface area (Å²) in [6.45, 7) is 0.293. The molecule has 0 N–H and O–H groups in total. The van der Waals surface area contributed by atoms with Gasteiger partial charge in [0.15, 0.2) is 6.30 Å². The SMILES string of the molecule is O=S(=O)(CC=Cc1ccc(I)cc1)N1CCCCC1F. The lowest BCUT2D eigenvalue weighted by molar-refractivity contribution is 0.122. The van der Waals surface area contributed by atoms with Crippen LogP contribution in [0.25, 0.3) is 6.08 Å². The van der Waals surface area contributed by atoms with E-state index in [1.807, 2.05) is 24.3 Å². The van der Waals surface area contributed by atoms with Gasteiger partial charge in [-0.15, -0.1) is 0 Å². The summed E-state index contributed by atoms with van der Waals surface area (Å²) in [6.07, 6.45) is 3.77. The fraction of sp³-hybridized carbons (Fsp3) is 0.429. The molecule has 0 amide bonds. The van der Waals surface area contributed by atoms with Crippen molar-refractivity contribution < 1.29 is 12.8 Å². The first-order valence-corrected chi connectivity index (χ1v) is 9.23. The van der Waals surface area contributed by atoms with E-state index in [9.17, 15) is 12.8 Å².